The fourth-order valence-electron chi connectivity index (χ4n) is 2.25. The maximum Gasteiger partial charge on any atom is 0.0887 e. The number of hydrogen-bond donors (Lipinski definition) is 1. The van der Waals surface area contributed by atoms with Gasteiger partial charge in [0, 0.05) is 18.0 Å². The Morgan fingerprint density at radius 3 is 1.87 bits per heavy atom. The highest BCUT2D eigenvalue weighted by molar-refractivity contribution is 5.99. The van der Waals surface area contributed by atoms with Gasteiger partial charge in [-0.05, 0) is 37.9 Å². The van der Waals surface area contributed by atoms with Gasteiger partial charge >= 0.3 is 0 Å². The summed E-state index contributed by atoms with van der Waals surface area (Å²) >= 11 is 0. The molecule has 0 spiro atoms. The van der Waals surface area contributed by atoms with Crippen LogP contribution in [0.15, 0.2) is 70.6 Å². The van der Waals surface area contributed by atoms with E-state index >= 15 is 0 Å². The zero-order valence-electron chi connectivity index (χ0n) is 14.0. The molecule has 0 aromatic heterocycles. The molecule has 0 unspecified atom stereocenters. The summed E-state index contributed by atoms with van der Waals surface area (Å²) in [5.74, 6) is 0. The van der Waals surface area contributed by atoms with E-state index in [4.69, 9.17) is 0 Å². The van der Waals surface area contributed by atoms with Crippen LogP contribution in [0.25, 0.3) is 0 Å². The van der Waals surface area contributed by atoms with E-state index in [0.29, 0.717) is 6.67 Å². The van der Waals surface area contributed by atoms with Gasteiger partial charge in [-0.1, -0.05) is 60.7 Å². The molecule has 120 valence electrons. The van der Waals surface area contributed by atoms with Crippen LogP contribution in [0.3, 0.4) is 0 Å². The molecule has 0 aliphatic rings. The molecule has 0 fully saturated rings. The van der Waals surface area contributed by atoms with Crippen molar-refractivity contribution < 1.29 is 0 Å². The second-order valence-corrected chi connectivity index (χ2v) is 5.45. The molecule has 0 atom stereocenters. The summed E-state index contributed by atoms with van der Waals surface area (Å²) in [7, 11) is 0. The maximum atomic E-state index is 4.62. The second-order valence-electron chi connectivity index (χ2n) is 5.45. The first-order chi connectivity index (χ1) is 11.3. The summed E-state index contributed by atoms with van der Waals surface area (Å²) in [4.78, 5) is 9.16. The van der Waals surface area contributed by atoms with Crippen LogP contribution in [0.4, 0.5) is 0 Å². The Labute approximate surface area is 139 Å². The van der Waals surface area contributed by atoms with Gasteiger partial charge in [-0.2, -0.15) is 0 Å². The van der Waals surface area contributed by atoms with Crippen molar-refractivity contribution in [2.75, 3.05) is 19.8 Å². The molecule has 0 saturated carbocycles. The second kappa shape index (κ2) is 9.70. The van der Waals surface area contributed by atoms with Gasteiger partial charge in [-0.3, -0.25) is 15.3 Å². The van der Waals surface area contributed by atoms with Crippen molar-refractivity contribution >= 4 is 11.4 Å². The van der Waals surface area contributed by atoms with Crippen LogP contribution in [0.5, 0.6) is 0 Å². The van der Waals surface area contributed by atoms with Crippen LogP contribution in [-0.2, 0) is 0 Å². The number of rotatable bonds is 8. The van der Waals surface area contributed by atoms with Crippen molar-refractivity contribution in [3.8, 4) is 0 Å². The number of aliphatic imine (C=N–C) groups is 2. The lowest BCUT2D eigenvalue weighted by atomic mass is 10.1. The fraction of sp³-hybridized carbons (Fsp3) is 0.300. The lowest BCUT2D eigenvalue weighted by Gasteiger charge is -2.04. The Morgan fingerprint density at radius 2 is 1.30 bits per heavy atom. The molecule has 3 heteroatoms. The third kappa shape index (κ3) is 6.17. The van der Waals surface area contributed by atoms with Crippen molar-refractivity contribution in [3.63, 3.8) is 0 Å². The minimum atomic E-state index is 0.655. The molecule has 23 heavy (non-hydrogen) atoms. The van der Waals surface area contributed by atoms with E-state index < -0.39 is 0 Å². The topological polar surface area (TPSA) is 36.8 Å². The lowest BCUT2D eigenvalue weighted by Crippen LogP contribution is -2.17. The molecule has 0 aliphatic carbocycles. The molecule has 0 aliphatic heterocycles. The largest absolute Gasteiger partial charge is 0.298 e. The summed E-state index contributed by atoms with van der Waals surface area (Å²) in [6.07, 6.45) is 1.02. The number of benzene rings is 2. The van der Waals surface area contributed by atoms with Crippen LogP contribution in [0.2, 0.25) is 0 Å². The molecule has 0 amide bonds. The van der Waals surface area contributed by atoms with E-state index in [9.17, 15) is 0 Å². The van der Waals surface area contributed by atoms with Crippen molar-refractivity contribution in [3.05, 3.63) is 71.8 Å². The summed E-state index contributed by atoms with van der Waals surface area (Å²) in [5, 5.41) is 3.34. The molecular weight excluding hydrogens is 282 g/mol. The molecule has 0 bridgehead atoms. The Kier molecular flexibility index (Phi) is 7.21. The third-order valence-corrected chi connectivity index (χ3v) is 3.67. The van der Waals surface area contributed by atoms with Crippen molar-refractivity contribution in [2.24, 2.45) is 9.98 Å². The van der Waals surface area contributed by atoms with Crippen LogP contribution < -0.4 is 5.32 Å². The van der Waals surface area contributed by atoms with E-state index in [1.807, 2.05) is 43.3 Å². The first-order valence-electron chi connectivity index (χ1n) is 8.11. The maximum absolute atomic E-state index is 4.62. The van der Waals surface area contributed by atoms with Gasteiger partial charge in [0.05, 0.1) is 6.67 Å². The van der Waals surface area contributed by atoms with E-state index in [1.165, 1.54) is 11.1 Å². The average molecular weight is 307 g/mol. The molecule has 3 nitrogen and oxygen atoms in total. The summed E-state index contributed by atoms with van der Waals surface area (Å²) in [6, 6.07) is 20.6. The quantitative estimate of drug-likeness (QED) is 0.582. The molecule has 2 aromatic carbocycles. The predicted molar refractivity (Wildman–Crippen MR) is 99.7 cm³/mol. The van der Waals surface area contributed by atoms with Crippen LogP contribution in [0, 0.1) is 0 Å². The van der Waals surface area contributed by atoms with Gasteiger partial charge in [-0.25, -0.2) is 0 Å². The SMILES string of the molecule is CC(=NCCCNCN=C(C)c1ccccc1)c1ccccc1. The minimum absolute atomic E-state index is 0.655. The van der Waals surface area contributed by atoms with Crippen molar-refractivity contribution in [2.45, 2.75) is 20.3 Å². The van der Waals surface area contributed by atoms with Crippen LogP contribution in [-0.4, -0.2) is 31.2 Å². The smallest absolute Gasteiger partial charge is 0.0887 e. The minimum Gasteiger partial charge on any atom is -0.298 e. The first kappa shape index (κ1) is 17.1. The highest BCUT2D eigenvalue weighted by Gasteiger charge is 1.96. The standard InChI is InChI=1S/C20H25N3/c1-17(19-10-5-3-6-11-19)22-15-9-14-21-16-23-18(2)20-12-7-4-8-13-20/h3-8,10-13,21H,9,14-16H2,1-2H3. The monoisotopic (exact) mass is 307 g/mol. The van der Waals surface area contributed by atoms with Gasteiger partial charge < -0.3 is 0 Å². The highest BCUT2D eigenvalue weighted by atomic mass is 15.0. The fourth-order valence-corrected chi connectivity index (χ4v) is 2.25. The highest BCUT2D eigenvalue weighted by Crippen LogP contribution is 2.01. The predicted octanol–water partition coefficient (Wildman–Crippen LogP) is 3.94. The van der Waals surface area contributed by atoms with Crippen LogP contribution >= 0.6 is 0 Å². The van der Waals surface area contributed by atoms with Gasteiger partial charge in [0.25, 0.3) is 0 Å². The lowest BCUT2D eigenvalue weighted by molar-refractivity contribution is 0.669. The van der Waals surface area contributed by atoms with Gasteiger partial charge in [-0.15, -0.1) is 0 Å². The molecule has 2 rings (SSSR count). The molecular formula is C20H25N3. The van der Waals surface area contributed by atoms with Gasteiger partial charge in [0.15, 0.2) is 0 Å². The molecule has 0 radical (unpaired) electrons. The van der Waals surface area contributed by atoms with Gasteiger partial charge in [0.2, 0.25) is 0 Å². The Bertz CT molecular complexity index is 573. The molecule has 2 aromatic rings. The Hall–Kier alpha value is -2.26. The average Bonchev–Trinajstić information content (AvgIpc) is 2.62. The van der Waals surface area contributed by atoms with Gasteiger partial charge in [0.1, 0.15) is 0 Å². The van der Waals surface area contributed by atoms with E-state index in [1.54, 1.807) is 0 Å². The number of nitrogens with zero attached hydrogens (tertiary/aromatic N) is 2. The third-order valence-electron chi connectivity index (χ3n) is 3.67. The summed E-state index contributed by atoms with van der Waals surface area (Å²) in [6.45, 7) is 6.54. The van der Waals surface area contributed by atoms with E-state index in [0.717, 1.165) is 30.9 Å². The van der Waals surface area contributed by atoms with Crippen molar-refractivity contribution in [1.82, 2.24) is 5.32 Å². The summed E-state index contributed by atoms with van der Waals surface area (Å²) in [5.41, 5.74) is 4.54. The zero-order chi connectivity index (χ0) is 16.3. The van der Waals surface area contributed by atoms with Crippen LogP contribution in [0.1, 0.15) is 31.4 Å². The Morgan fingerprint density at radius 1 is 0.783 bits per heavy atom. The molecule has 0 saturated heterocycles. The van der Waals surface area contributed by atoms with E-state index in [2.05, 4.69) is 46.5 Å². The molecule has 1 N–H and O–H groups in total. The zero-order valence-corrected chi connectivity index (χ0v) is 14.0. The van der Waals surface area contributed by atoms with E-state index in [-0.39, 0.29) is 0 Å². The number of hydrogen-bond acceptors (Lipinski definition) is 3. The summed E-state index contributed by atoms with van der Waals surface area (Å²) < 4.78 is 0. The molecule has 0 heterocycles. The first-order valence-corrected chi connectivity index (χ1v) is 8.11. The Balaban J connectivity index is 1.65. The van der Waals surface area contributed by atoms with Crippen molar-refractivity contribution in [1.29, 1.82) is 0 Å². The number of nitrogens with one attached hydrogen (secondary N) is 1. The normalized spacial score (nSPS) is 12.4.